The first kappa shape index (κ1) is 16.5. The first-order valence-electron chi connectivity index (χ1n) is 10.0. The summed E-state index contributed by atoms with van der Waals surface area (Å²) in [5.41, 5.74) is 1.44. The van der Waals surface area contributed by atoms with Crippen molar-refractivity contribution in [3.8, 4) is 5.69 Å². The highest BCUT2D eigenvalue weighted by atomic mass is 16.1. The highest BCUT2D eigenvalue weighted by Gasteiger charge is 2.38. The lowest BCUT2D eigenvalue weighted by atomic mass is 9.73. The van der Waals surface area contributed by atoms with Gasteiger partial charge in [0.1, 0.15) is 5.39 Å². The second-order valence-corrected chi connectivity index (χ2v) is 7.99. The van der Waals surface area contributed by atoms with Gasteiger partial charge in [-0.25, -0.2) is 4.68 Å². The zero-order valence-corrected chi connectivity index (χ0v) is 15.6. The molecule has 3 atom stereocenters. The minimum Gasteiger partial charge on any atom is -0.339 e. The smallest absolute Gasteiger partial charge is 0.263 e. The van der Waals surface area contributed by atoms with E-state index in [2.05, 4.69) is 21.9 Å². The van der Waals surface area contributed by atoms with E-state index in [9.17, 15) is 4.79 Å². The van der Waals surface area contributed by atoms with Gasteiger partial charge < -0.3 is 4.90 Å². The third-order valence-electron chi connectivity index (χ3n) is 6.44. The van der Waals surface area contributed by atoms with Crippen LogP contribution in [0.3, 0.4) is 0 Å². The van der Waals surface area contributed by atoms with E-state index in [0.29, 0.717) is 28.9 Å². The first-order chi connectivity index (χ1) is 13.2. The minimum absolute atomic E-state index is 0.108. The number of hydrogen-bond donors (Lipinski definition) is 1. The molecule has 0 amide bonds. The standard InChI is InChI=1S/C21H25N5O/c1-14-11-12-25(18-10-6-5-9-16(14)18)21-23-19-17(20(27)24-21)13-22-26(19)15-7-3-2-4-8-15/h2-4,7-8,13-14,16,18H,5-6,9-12H2,1H3,(H,23,24,27)/t14-,16+,18-/m1/s1. The molecule has 5 rings (SSSR count). The summed E-state index contributed by atoms with van der Waals surface area (Å²) < 4.78 is 1.76. The van der Waals surface area contributed by atoms with Gasteiger partial charge in [-0.3, -0.25) is 9.78 Å². The lowest BCUT2D eigenvalue weighted by Gasteiger charge is -2.47. The van der Waals surface area contributed by atoms with E-state index in [1.54, 1.807) is 10.9 Å². The summed E-state index contributed by atoms with van der Waals surface area (Å²) in [4.78, 5) is 23.0. The molecule has 0 spiro atoms. The number of hydrogen-bond acceptors (Lipinski definition) is 4. The maximum atomic E-state index is 12.7. The molecule has 1 aliphatic heterocycles. The van der Waals surface area contributed by atoms with Gasteiger partial charge in [0.15, 0.2) is 5.65 Å². The van der Waals surface area contributed by atoms with Gasteiger partial charge in [0.2, 0.25) is 5.95 Å². The van der Waals surface area contributed by atoms with Crippen LogP contribution in [0.2, 0.25) is 0 Å². The Balaban J connectivity index is 1.60. The van der Waals surface area contributed by atoms with E-state index < -0.39 is 0 Å². The molecule has 2 aliphatic rings. The van der Waals surface area contributed by atoms with Crippen molar-refractivity contribution >= 4 is 17.0 Å². The fourth-order valence-electron chi connectivity index (χ4n) is 4.98. The molecule has 2 fully saturated rings. The van der Waals surface area contributed by atoms with Crippen LogP contribution in [0.15, 0.2) is 41.3 Å². The number of H-pyrrole nitrogens is 1. The van der Waals surface area contributed by atoms with Crippen molar-refractivity contribution in [3.63, 3.8) is 0 Å². The van der Waals surface area contributed by atoms with Crippen molar-refractivity contribution < 1.29 is 0 Å². The van der Waals surface area contributed by atoms with E-state index in [1.165, 1.54) is 25.7 Å². The largest absolute Gasteiger partial charge is 0.339 e. The van der Waals surface area contributed by atoms with E-state index in [4.69, 9.17) is 4.98 Å². The molecule has 1 aliphatic carbocycles. The molecule has 27 heavy (non-hydrogen) atoms. The molecule has 0 unspecified atom stereocenters. The number of anilines is 1. The topological polar surface area (TPSA) is 66.8 Å². The fourth-order valence-corrected chi connectivity index (χ4v) is 4.98. The highest BCUT2D eigenvalue weighted by Crippen LogP contribution is 2.39. The number of benzene rings is 1. The van der Waals surface area contributed by atoms with Gasteiger partial charge in [0.05, 0.1) is 11.9 Å². The fraction of sp³-hybridized carbons (Fsp3) is 0.476. The number of piperidine rings is 1. The molecule has 0 bridgehead atoms. The number of aromatic amines is 1. The number of para-hydroxylation sites is 1. The van der Waals surface area contributed by atoms with Crippen LogP contribution in [-0.2, 0) is 0 Å². The minimum atomic E-state index is -0.108. The molecular formula is C21H25N5O. The van der Waals surface area contributed by atoms with E-state index in [1.807, 2.05) is 30.3 Å². The molecular weight excluding hydrogens is 338 g/mol. The van der Waals surface area contributed by atoms with Crippen molar-refractivity contribution in [3.05, 3.63) is 46.9 Å². The third kappa shape index (κ3) is 2.74. The number of nitrogens with zero attached hydrogens (tertiary/aromatic N) is 4. The van der Waals surface area contributed by atoms with Gasteiger partial charge in [-0.15, -0.1) is 0 Å². The second-order valence-electron chi connectivity index (χ2n) is 7.99. The van der Waals surface area contributed by atoms with Gasteiger partial charge in [-0.2, -0.15) is 10.1 Å². The van der Waals surface area contributed by atoms with Gasteiger partial charge in [0.25, 0.3) is 5.56 Å². The normalized spacial score (nSPS) is 25.5. The average Bonchev–Trinajstić information content (AvgIpc) is 3.14. The van der Waals surface area contributed by atoms with Crippen LogP contribution in [0.5, 0.6) is 0 Å². The van der Waals surface area contributed by atoms with E-state index in [0.717, 1.165) is 24.6 Å². The van der Waals surface area contributed by atoms with Crippen molar-refractivity contribution in [2.75, 3.05) is 11.4 Å². The monoisotopic (exact) mass is 363 g/mol. The summed E-state index contributed by atoms with van der Waals surface area (Å²) in [6.45, 7) is 3.33. The summed E-state index contributed by atoms with van der Waals surface area (Å²) in [6, 6.07) is 10.4. The van der Waals surface area contributed by atoms with Gasteiger partial charge in [0, 0.05) is 12.6 Å². The van der Waals surface area contributed by atoms with Crippen LogP contribution in [0, 0.1) is 11.8 Å². The number of rotatable bonds is 2. The van der Waals surface area contributed by atoms with E-state index in [-0.39, 0.29) is 5.56 Å². The predicted molar refractivity (Wildman–Crippen MR) is 106 cm³/mol. The first-order valence-corrected chi connectivity index (χ1v) is 10.0. The molecule has 140 valence electrons. The maximum Gasteiger partial charge on any atom is 0.263 e. The molecule has 6 heteroatoms. The quantitative estimate of drug-likeness (QED) is 0.756. The summed E-state index contributed by atoms with van der Waals surface area (Å²) >= 11 is 0. The zero-order chi connectivity index (χ0) is 18.4. The Labute approximate surface area is 158 Å². The predicted octanol–water partition coefficient (Wildman–Crippen LogP) is 3.51. The second kappa shape index (κ2) is 6.51. The van der Waals surface area contributed by atoms with Crippen molar-refractivity contribution in [2.24, 2.45) is 11.8 Å². The SMILES string of the molecule is C[C@@H]1CCN(c2nc3c(cnn3-c3ccccc3)c(=O)[nH]2)[C@@H]2CCCC[C@@H]12. The van der Waals surface area contributed by atoms with Crippen LogP contribution in [-0.4, -0.2) is 32.3 Å². The molecule has 1 saturated carbocycles. The average molecular weight is 363 g/mol. The van der Waals surface area contributed by atoms with Crippen LogP contribution in [0.1, 0.15) is 39.0 Å². The van der Waals surface area contributed by atoms with Crippen molar-refractivity contribution in [2.45, 2.75) is 45.1 Å². The lowest BCUT2D eigenvalue weighted by Crippen LogP contribution is -2.51. The maximum absolute atomic E-state index is 12.7. The molecule has 0 radical (unpaired) electrons. The molecule has 6 nitrogen and oxygen atoms in total. The summed E-state index contributed by atoms with van der Waals surface area (Å²) in [7, 11) is 0. The molecule has 1 N–H and O–H groups in total. The number of nitrogens with one attached hydrogen (secondary N) is 1. The van der Waals surface area contributed by atoms with Crippen LogP contribution < -0.4 is 10.5 Å². The number of aromatic nitrogens is 4. The Morgan fingerprint density at radius 3 is 2.78 bits per heavy atom. The van der Waals surface area contributed by atoms with Crippen molar-refractivity contribution in [1.29, 1.82) is 0 Å². The summed E-state index contributed by atoms with van der Waals surface area (Å²) in [5, 5.41) is 4.96. The molecule has 1 saturated heterocycles. The summed E-state index contributed by atoms with van der Waals surface area (Å²) in [5.74, 6) is 2.15. The van der Waals surface area contributed by atoms with Crippen molar-refractivity contribution in [1.82, 2.24) is 19.7 Å². The Kier molecular flexibility index (Phi) is 3.99. The lowest BCUT2D eigenvalue weighted by molar-refractivity contribution is 0.176. The summed E-state index contributed by atoms with van der Waals surface area (Å²) in [6.07, 6.45) is 7.83. The van der Waals surface area contributed by atoms with Crippen LogP contribution >= 0.6 is 0 Å². The van der Waals surface area contributed by atoms with Gasteiger partial charge in [-0.1, -0.05) is 38.0 Å². The Bertz CT molecular complexity index is 1010. The third-order valence-corrected chi connectivity index (χ3v) is 6.44. The highest BCUT2D eigenvalue weighted by molar-refractivity contribution is 5.76. The number of fused-ring (bicyclic) bond motifs is 2. The molecule has 3 heterocycles. The zero-order valence-electron chi connectivity index (χ0n) is 15.6. The molecule has 3 aromatic rings. The van der Waals surface area contributed by atoms with Crippen LogP contribution in [0.4, 0.5) is 5.95 Å². The van der Waals surface area contributed by atoms with E-state index >= 15 is 0 Å². The van der Waals surface area contributed by atoms with Gasteiger partial charge >= 0.3 is 0 Å². The molecule has 1 aromatic carbocycles. The Morgan fingerprint density at radius 1 is 1.11 bits per heavy atom. The van der Waals surface area contributed by atoms with Crippen LogP contribution in [0.25, 0.3) is 16.7 Å². The Hall–Kier alpha value is -2.63. The van der Waals surface area contributed by atoms with Gasteiger partial charge in [-0.05, 0) is 43.2 Å². The Morgan fingerprint density at radius 2 is 1.93 bits per heavy atom. The molecule has 2 aromatic heterocycles.